The van der Waals surface area contributed by atoms with Gasteiger partial charge in [-0.2, -0.15) is 13.2 Å². The van der Waals surface area contributed by atoms with Crippen molar-refractivity contribution in [3.05, 3.63) is 81.7 Å². The minimum Gasteiger partial charge on any atom is -0.304 e. The number of halogens is 3. The van der Waals surface area contributed by atoms with Gasteiger partial charge in [0.2, 0.25) is 0 Å². The zero-order valence-corrected chi connectivity index (χ0v) is 16.9. The number of aryl methyl sites for hydroxylation is 3. The summed E-state index contributed by atoms with van der Waals surface area (Å²) in [5.74, 6) is 1.31. The zero-order valence-electron chi connectivity index (χ0n) is 16.1. The lowest BCUT2D eigenvalue weighted by molar-refractivity contribution is -0.138. The van der Waals surface area contributed by atoms with Crippen LogP contribution in [0.5, 0.6) is 0 Å². The van der Waals surface area contributed by atoms with Crippen molar-refractivity contribution in [2.45, 2.75) is 32.5 Å². The molecule has 0 spiro atoms. The number of rotatable bonds is 6. The van der Waals surface area contributed by atoms with Gasteiger partial charge in [-0.3, -0.25) is 0 Å². The van der Waals surface area contributed by atoms with Crippen LogP contribution >= 0.6 is 11.3 Å². The predicted octanol–water partition coefficient (Wildman–Crippen LogP) is 4.96. The van der Waals surface area contributed by atoms with E-state index in [-0.39, 0.29) is 5.56 Å². The smallest absolute Gasteiger partial charge is 0.304 e. The summed E-state index contributed by atoms with van der Waals surface area (Å²) < 4.78 is 41.6. The van der Waals surface area contributed by atoms with E-state index >= 15 is 0 Å². The molecule has 1 aromatic carbocycles. The molecular formula is C21H18F3N5S. The molecule has 0 saturated carbocycles. The highest BCUT2D eigenvalue weighted by molar-refractivity contribution is 7.09. The Bertz CT molecular complexity index is 1120. The number of thiophene rings is 1. The van der Waals surface area contributed by atoms with Gasteiger partial charge in [0.25, 0.3) is 0 Å². The van der Waals surface area contributed by atoms with E-state index in [1.807, 2.05) is 22.1 Å². The molecule has 4 rings (SSSR count). The van der Waals surface area contributed by atoms with E-state index in [0.717, 1.165) is 4.88 Å². The topological polar surface area (TPSA) is 56.5 Å². The minimum absolute atomic E-state index is 0.221. The molecule has 30 heavy (non-hydrogen) atoms. The van der Waals surface area contributed by atoms with Gasteiger partial charge < -0.3 is 4.57 Å². The number of aromatic nitrogens is 5. The highest BCUT2D eigenvalue weighted by atomic mass is 32.1. The Morgan fingerprint density at radius 2 is 1.93 bits per heavy atom. The minimum atomic E-state index is -4.36. The molecule has 0 unspecified atom stereocenters. The Hall–Kier alpha value is -3.07. The van der Waals surface area contributed by atoms with E-state index in [2.05, 4.69) is 20.2 Å². The molecule has 0 aliphatic rings. The third-order valence-electron chi connectivity index (χ3n) is 4.78. The maximum Gasteiger partial charge on any atom is 0.416 e. The monoisotopic (exact) mass is 429 g/mol. The first-order valence-corrected chi connectivity index (χ1v) is 10.2. The first kappa shape index (κ1) is 20.2. The number of alkyl halides is 3. The summed E-state index contributed by atoms with van der Waals surface area (Å²) in [6.45, 7) is 2.04. The van der Waals surface area contributed by atoms with Gasteiger partial charge in [0.1, 0.15) is 17.8 Å². The quantitative estimate of drug-likeness (QED) is 0.435. The predicted molar refractivity (Wildman–Crippen MR) is 108 cm³/mol. The highest BCUT2D eigenvalue weighted by Crippen LogP contribution is 2.32. The molecule has 0 atom stereocenters. The highest BCUT2D eigenvalue weighted by Gasteiger charge is 2.32. The summed E-state index contributed by atoms with van der Waals surface area (Å²) >= 11 is 1.62. The van der Waals surface area contributed by atoms with Crippen LogP contribution in [-0.2, 0) is 25.6 Å². The molecule has 154 valence electrons. The SMILES string of the molecule is Cc1ccc(CCc2nnc(-c3ccncn3)n2Cc2cccs2)cc1C(F)(F)F. The van der Waals surface area contributed by atoms with Crippen molar-refractivity contribution in [2.75, 3.05) is 0 Å². The second-order valence-corrected chi connectivity index (χ2v) is 7.88. The van der Waals surface area contributed by atoms with Gasteiger partial charge in [-0.25, -0.2) is 9.97 Å². The van der Waals surface area contributed by atoms with E-state index in [1.165, 1.54) is 25.4 Å². The second kappa shape index (κ2) is 8.35. The van der Waals surface area contributed by atoms with E-state index in [0.29, 0.717) is 42.3 Å². The van der Waals surface area contributed by atoms with E-state index < -0.39 is 11.7 Å². The van der Waals surface area contributed by atoms with Gasteiger partial charge >= 0.3 is 6.18 Å². The average molecular weight is 429 g/mol. The molecule has 0 fully saturated rings. The summed E-state index contributed by atoms with van der Waals surface area (Å²) in [6.07, 6.45) is -0.389. The normalized spacial score (nSPS) is 11.7. The Labute approximate surface area is 175 Å². The van der Waals surface area contributed by atoms with Crippen LogP contribution in [0.25, 0.3) is 11.5 Å². The fourth-order valence-electron chi connectivity index (χ4n) is 3.24. The summed E-state index contributed by atoms with van der Waals surface area (Å²) in [4.78, 5) is 9.32. The van der Waals surface area contributed by atoms with Gasteiger partial charge in [0, 0.05) is 17.5 Å². The zero-order chi connectivity index (χ0) is 21.1. The van der Waals surface area contributed by atoms with Crippen molar-refractivity contribution in [2.24, 2.45) is 0 Å². The molecule has 0 amide bonds. The molecule has 0 radical (unpaired) electrons. The van der Waals surface area contributed by atoms with Gasteiger partial charge in [-0.15, -0.1) is 21.5 Å². The molecule has 3 heterocycles. The summed E-state index contributed by atoms with van der Waals surface area (Å²) in [7, 11) is 0. The van der Waals surface area contributed by atoms with Crippen LogP contribution in [0, 0.1) is 6.92 Å². The first-order chi connectivity index (χ1) is 14.4. The molecule has 5 nitrogen and oxygen atoms in total. The van der Waals surface area contributed by atoms with Crippen LogP contribution < -0.4 is 0 Å². The van der Waals surface area contributed by atoms with Crippen LogP contribution in [0.3, 0.4) is 0 Å². The van der Waals surface area contributed by atoms with Crippen LogP contribution in [0.1, 0.15) is 27.4 Å². The van der Waals surface area contributed by atoms with Gasteiger partial charge in [-0.05, 0) is 48.1 Å². The fourth-order valence-corrected chi connectivity index (χ4v) is 3.94. The van der Waals surface area contributed by atoms with Crippen LogP contribution in [0.15, 0.2) is 54.3 Å². The maximum absolute atomic E-state index is 13.2. The Balaban J connectivity index is 1.62. The lowest BCUT2D eigenvalue weighted by Crippen LogP contribution is -2.10. The van der Waals surface area contributed by atoms with Crippen LogP contribution in [0.4, 0.5) is 13.2 Å². The van der Waals surface area contributed by atoms with Crippen molar-refractivity contribution < 1.29 is 13.2 Å². The molecule has 3 aromatic heterocycles. The molecular weight excluding hydrogens is 411 g/mol. The van der Waals surface area contributed by atoms with Crippen LogP contribution in [-0.4, -0.2) is 24.7 Å². The molecule has 0 saturated heterocycles. The lowest BCUT2D eigenvalue weighted by Gasteiger charge is -2.12. The van der Waals surface area contributed by atoms with Crippen molar-refractivity contribution in [3.63, 3.8) is 0 Å². The maximum atomic E-state index is 13.2. The van der Waals surface area contributed by atoms with E-state index in [1.54, 1.807) is 29.7 Å². The first-order valence-electron chi connectivity index (χ1n) is 9.29. The lowest BCUT2D eigenvalue weighted by atomic mass is 10.0. The number of hydrogen-bond donors (Lipinski definition) is 0. The van der Waals surface area contributed by atoms with Crippen molar-refractivity contribution in [3.8, 4) is 11.5 Å². The number of hydrogen-bond acceptors (Lipinski definition) is 5. The Morgan fingerprint density at radius 1 is 1.07 bits per heavy atom. The number of nitrogens with zero attached hydrogens (tertiary/aromatic N) is 5. The molecule has 0 bridgehead atoms. The van der Waals surface area contributed by atoms with E-state index in [9.17, 15) is 13.2 Å². The molecule has 0 N–H and O–H groups in total. The average Bonchev–Trinajstić information content (AvgIpc) is 3.38. The van der Waals surface area contributed by atoms with Crippen molar-refractivity contribution in [1.29, 1.82) is 0 Å². The molecule has 9 heteroatoms. The third kappa shape index (κ3) is 4.40. The Morgan fingerprint density at radius 3 is 2.63 bits per heavy atom. The second-order valence-electron chi connectivity index (χ2n) is 6.85. The molecule has 0 aliphatic carbocycles. The fraction of sp³-hybridized carbons (Fsp3) is 0.238. The van der Waals surface area contributed by atoms with Crippen molar-refractivity contribution in [1.82, 2.24) is 24.7 Å². The summed E-state index contributed by atoms with van der Waals surface area (Å²) in [6, 6.07) is 10.2. The van der Waals surface area contributed by atoms with Gasteiger partial charge in [-0.1, -0.05) is 18.2 Å². The van der Waals surface area contributed by atoms with E-state index in [4.69, 9.17) is 0 Å². The van der Waals surface area contributed by atoms with Gasteiger partial charge in [0.15, 0.2) is 5.82 Å². The van der Waals surface area contributed by atoms with Crippen LogP contribution in [0.2, 0.25) is 0 Å². The summed E-state index contributed by atoms with van der Waals surface area (Å²) in [5, 5.41) is 10.6. The Kier molecular flexibility index (Phi) is 5.63. The molecule has 4 aromatic rings. The summed E-state index contributed by atoms with van der Waals surface area (Å²) in [5.41, 5.74) is 0.886. The largest absolute Gasteiger partial charge is 0.416 e. The van der Waals surface area contributed by atoms with Gasteiger partial charge in [0.05, 0.1) is 12.1 Å². The molecule has 0 aliphatic heterocycles. The number of benzene rings is 1. The van der Waals surface area contributed by atoms with Crippen molar-refractivity contribution >= 4 is 11.3 Å². The standard InChI is InChI=1S/C21H18F3N5S/c1-14-4-5-15(11-17(14)21(22,23)24)6-7-19-27-28-20(18-8-9-25-13-26-18)29(19)12-16-3-2-10-30-16/h2-5,8-11,13H,6-7,12H2,1H3. The third-order valence-corrected chi connectivity index (χ3v) is 5.64.